The third-order valence-corrected chi connectivity index (χ3v) is 2.94. The normalized spacial score (nSPS) is 22.7. The lowest BCUT2D eigenvalue weighted by molar-refractivity contribution is -0.124. The maximum absolute atomic E-state index is 11.1. The van der Waals surface area contributed by atoms with E-state index in [0.717, 1.165) is 13.1 Å². The first-order valence-corrected chi connectivity index (χ1v) is 5.73. The molecule has 1 heterocycles. The third-order valence-electron chi connectivity index (χ3n) is 2.94. The summed E-state index contributed by atoms with van der Waals surface area (Å²) >= 11 is 0. The molecule has 0 bridgehead atoms. The number of nitrogens with zero attached hydrogens (tertiary/aromatic N) is 1. The molecule has 0 spiro atoms. The van der Waals surface area contributed by atoms with Crippen LogP contribution in [0, 0.1) is 0 Å². The van der Waals surface area contributed by atoms with E-state index in [1.54, 1.807) is 0 Å². The monoisotopic (exact) mass is 214 g/mol. The van der Waals surface area contributed by atoms with E-state index in [4.69, 9.17) is 4.74 Å². The smallest absolute Gasteiger partial charge is 0.246 e. The van der Waals surface area contributed by atoms with Gasteiger partial charge in [-0.2, -0.15) is 0 Å². The van der Waals surface area contributed by atoms with Gasteiger partial charge in [0.25, 0.3) is 0 Å². The highest BCUT2D eigenvalue weighted by Gasteiger charge is 2.17. The van der Waals surface area contributed by atoms with Crippen LogP contribution < -0.4 is 5.32 Å². The summed E-state index contributed by atoms with van der Waals surface area (Å²) in [4.78, 5) is 13.6. The van der Waals surface area contributed by atoms with E-state index in [0.29, 0.717) is 6.04 Å². The summed E-state index contributed by atoms with van der Waals surface area (Å²) in [6, 6.07) is 0.665. The van der Waals surface area contributed by atoms with Gasteiger partial charge in [-0.15, -0.1) is 0 Å². The maximum atomic E-state index is 11.1. The Morgan fingerprint density at radius 3 is 3.00 bits per heavy atom. The molecular formula is C11H22N2O2. The van der Waals surface area contributed by atoms with Gasteiger partial charge in [-0.1, -0.05) is 6.42 Å². The van der Waals surface area contributed by atoms with Gasteiger partial charge in [-0.05, 0) is 26.3 Å². The highest BCUT2D eigenvalue weighted by molar-refractivity contribution is 5.77. The molecule has 0 aromatic heterocycles. The summed E-state index contributed by atoms with van der Waals surface area (Å²) in [5, 5.41) is 2.85. The molecule has 88 valence electrons. The molecule has 1 saturated heterocycles. The number of amides is 1. The van der Waals surface area contributed by atoms with Gasteiger partial charge >= 0.3 is 0 Å². The molecule has 0 aliphatic carbocycles. The number of rotatable bonds is 5. The summed E-state index contributed by atoms with van der Waals surface area (Å²) in [5.74, 6) is -0.0258. The molecule has 1 atom stereocenters. The van der Waals surface area contributed by atoms with E-state index >= 15 is 0 Å². The van der Waals surface area contributed by atoms with Gasteiger partial charge in [-0.3, -0.25) is 9.69 Å². The molecule has 1 aliphatic heterocycles. The second-order valence-corrected chi connectivity index (χ2v) is 4.16. The lowest BCUT2D eigenvalue weighted by Crippen LogP contribution is -2.42. The van der Waals surface area contributed by atoms with Crippen molar-refractivity contribution in [1.82, 2.24) is 10.2 Å². The quantitative estimate of drug-likeness (QED) is 0.729. The summed E-state index contributed by atoms with van der Waals surface area (Å²) in [6.07, 6.45) is 3.91. The van der Waals surface area contributed by atoms with Crippen LogP contribution in [-0.2, 0) is 9.53 Å². The van der Waals surface area contributed by atoms with Crippen molar-refractivity contribution in [2.75, 3.05) is 33.4 Å². The number of carbonyl (C=O) groups excluding carboxylic acids is 1. The summed E-state index contributed by atoms with van der Waals surface area (Å²) in [5.41, 5.74) is 0. The van der Waals surface area contributed by atoms with E-state index in [9.17, 15) is 4.79 Å². The molecule has 15 heavy (non-hydrogen) atoms. The number of nitrogens with one attached hydrogen (secondary N) is 1. The van der Waals surface area contributed by atoms with E-state index in [-0.39, 0.29) is 12.5 Å². The molecule has 1 fully saturated rings. The fraction of sp³-hybridized carbons (Fsp3) is 0.909. The van der Waals surface area contributed by atoms with Crippen molar-refractivity contribution in [3.63, 3.8) is 0 Å². The number of methoxy groups -OCH3 is 1. The second kappa shape index (κ2) is 6.80. The number of carbonyl (C=O) groups is 1. The fourth-order valence-corrected chi connectivity index (χ4v) is 2.01. The highest BCUT2D eigenvalue weighted by atomic mass is 16.5. The Morgan fingerprint density at radius 2 is 2.33 bits per heavy atom. The Morgan fingerprint density at radius 1 is 1.53 bits per heavy atom. The molecular weight excluding hydrogens is 192 g/mol. The minimum atomic E-state index is -0.0258. The first kappa shape index (κ1) is 12.5. The van der Waals surface area contributed by atoms with Crippen LogP contribution in [0.2, 0.25) is 0 Å². The first-order chi connectivity index (χ1) is 7.24. The van der Waals surface area contributed by atoms with Crippen LogP contribution in [0.5, 0.6) is 0 Å². The lowest BCUT2D eigenvalue weighted by Gasteiger charge is -2.33. The van der Waals surface area contributed by atoms with E-state index < -0.39 is 0 Å². The van der Waals surface area contributed by atoms with Crippen LogP contribution in [0.1, 0.15) is 26.2 Å². The van der Waals surface area contributed by atoms with Gasteiger partial charge in [0, 0.05) is 26.2 Å². The van der Waals surface area contributed by atoms with Crippen molar-refractivity contribution < 1.29 is 9.53 Å². The standard InChI is InChI=1S/C11H22N2O2/c1-10-5-3-4-7-13(10)8-6-12-11(14)9-15-2/h10H,3-9H2,1-2H3,(H,12,14)/t10-/m0/s1. The third kappa shape index (κ3) is 4.62. The SMILES string of the molecule is COCC(=O)NCCN1CCCC[C@@H]1C. The van der Waals surface area contributed by atoms with Crippen LogP contribution in [0.15, 0.2) is 0 Å². The molecule has 0 aromatic rings. The molecule has 1 rings (SSSR count). The molecule has 0 aromatic carbocycles. The molecule has 0 radical (unpaired) electrons. The molecule has 1 N–H and O–H groups in total. The van der Waals surface area contributed by atoms with Gasteiger partial charge in [0.1, 0.15) is 6.61 Å². The Labute approximate surface area is 92.0 Å². The summed E-state index contributed by atoms with van der Waals surface area (Å²) in [7, 11) is 1.53. The van der Waals surface area contributed by atoms with Gasteiger partial charge in [-0.25, -0.2) is 0 Å². The fourth-order valence-electron chi connectivity index (χ4n) is 2.01. The zero-order valence-electron chi connectivity index (χ0n) is 9.79. The Hall–Kier alpha value is -0.610. The number of piperidine rings is 1. The van der Waals surface area contributed by atoms with Crippen molar-refractivity contribution in [2.45, 2.75) is 32.2 Å². The number of likely N-dealkylation sites (tertiary alicyclic amines) is 1. The number of ether oxygens (including phenoxy) is 1. The minimum absolute atomic E-state index is 0.0258. The minimum Gasteiger partial charge on any atom is -0.375 e. The summed E-state index contributed by atoms with van der Waals surface area (Å²) < 4.78 is 4.74. The van der Waals surface area contributed by atoms with Gasteiger partial charge in [0.15, 0.2) is 0 Å². The Bertz CT molecular complexity index is 197. The molecule has 0 saturated carbocycles. The average molecular weight is 214 g/mol. The van der Waals surface area contributed by atoms with E-state index in [1.807, 2.05) is 0 Å². The first-order valence-electron chi connectivity index (χ1n) is 5.73. The largest absolute Gasteiger partial charge is 0.375 e. The molecule has 4 heteroatoms. The molecule has 4 nitrogen and oxygen atoms in total. The topological polar surface area (TPSA) is 41.6 Å². The molecule has 1 aliphatic rings. The zero-order chi connectivity index (χ0) is 11.1. The summed E-state index contributed by atoms with van der Waals surface area (Å²) in [6.45, 7) is 5.27. The van der Waals surface area contributed by atoms with Gasteiger partial charge in [0.05, 0.1) is 0 Å². The lowest BCUT2D eigenvalue weighted by atomic mass is 10.0. The predicted molar refractivity (Wildman–Crippen MR) is 59.8 cm³/mol. The van der Waals surface area contributed by atoms with Gasteiger partial charge in [0.2, 0.25) is 5.91 Å². The van der Waals surface area contributed by atoms with Crippen LogP contribution in [0.3, 0.4) is 0 Å². The van der Waals surface area contributed by atoms with Crippen molar-refractivity contribution in [1.29, 1.82) is 0 Å². The van der Waals surface area contributed by atoms with Crippen molar-refractivity contribution in [3.8, 4) is 0 Å². The highest BCUT2D eigenvalue weighted by Crippen LogP contribution is 2.15. The van der Waals surface area contributed by atoms with E-state index in [1.165, 1.54) is 32.9 Å². The van der Waals surface area contributed by atoms with Crippen LogP contribution >= 0.6 is 0 Å². The average Bonchev–Trinajstić information content (AvgIpc) is 2.21. The zero-order valence-corrected chi connectivity index (χ0v) is 9.79. The van der Waals surface area contributed by atoms with Crippen molar-refractivity contribution >= 4 is 5.91 Å². The van der Waals surface area contributed by atoms with Crippen molar-refractivity contribution in [2.24, 2.45) is 0 Å². The molecule has 1 amide bonds. The maximum Gasteiger partial charge on any atom is 0.246 e. The van der Waals surface area contributed by atoms with Gasteiger partial charge < -0.3 is 10.1 Å². The van der Waals surface area contributed by atoms with Crippen molar-refractivity contribution in [3.05, 3.63) is 0 Å². The number of hydrogen-bond acceptors (Lipinski definition) is 3. The second-order valence-electron chi connectivity index (χ2n) is 4.16. The van der Waals surface area contributed by atoms with Crippen LogP contribution in [0.25, 0.3) is 0 Å². The molecule has 0 unspecified atom stereocenters. The Kier molecular flexibility index (Phi) is 5.65. The van der Waals surface area contributed by atoms with Crippen LogP contribution in [0.4, 0.5) is 0 Å². The van der Waals surface area contributed by atoms with E-state index in [2.05, 4.69) is 17.1 Å². The Balaban J connectivity index is 2.10. The van der Waals surface area contributed by atoms with Crippen LogP contribution in [-0.4, -0.2) is 50.2 Å². The number of hydrogen-bond donors (Lipinski definition) is 1. The predicted octanol–water partition coefficient (Wildman–Crippen LogP) is 0.623.